The third kappa shape index (κ3) is 1.69. The van der Waals surface area contributed by atoms with E-state index in [4.69, 9.17) is 0 Å². The van der Waals surface area contributed by atoms with E-state index in [9.17, 15) is 4.39 Å². The van der Waals surface area contributed by atoms with Crippen LogP contribution < -0.4 is 0 Å². The number of hydrogen-bond acceptors (Lipinski definition) is 0. The molecule has 1 aliphatic heterocycles. The van der Waals surface area contributed by atoms with E-state index in [-0.39, 0.29) is 5.82 Å². The van der Waals surface area contributed by atoms with Crippen LogP contribution in [0.5, 0.6) is 0 Å². The van der Waals surface area contributed by atoms with E-state index in [0.717, 1.165) is 4.90 Å². The van der Waals surface area contributed by atoms with Crippen LogP contribution in [0.2, 0.25) is 0 Å². The highest BCUT2D eigenvalue weighted by molar-refractivity contribution is 8.17. The maximum Gasteiger partial charge on any atom is 0.124 e. The van der Waals surface area contributed by atoms with Gasteiger partial charge in [0, 0.05) is 9.79 Å². The van der Waals surface area contributed by atoms with Crippen LogP contribution in [0, 0.1) is 5.82 Å². The molecule has 2 heteroatoms. The summed E-state index contributed by atoms with van der Waals surface area (Å²) >= 11 is 0. The predicted molar refractivity (Wildman–Crippen MR) is 82.1 cm³/mol. The number of hydrogen-bond donors (Lipinski definition) is 1. The minimum atomic E-state index is -0.628. The molecule has 3 aromatic carbocycles. The van der Waals surface area contributed by atoms with E-state index in [2.05, 4.69) is 48.5 Å². The molecule has 0 aromatic heterocycles. The first-order chi connectivity index (χ1) is 9.84. The zero-order valence-corrected chi connectivity index (χ0v) is 11.6. The van der Waals surface area contributed by atoms with Crippen LogP contribution in [0.25, 0.3) is 11.1 Å². The van der Waals surface area contributed by atoms with Gasteiger partial charge in [0.05, 0.1) is 0 Å². The van der Waals surface area contributed by atoms with Crippen molar-refractivity contribution in [3.63, 3.8) is 0 Å². The van der Waals surface area contributed by atoms with Gasteiger partial charge in [0.25, 0.3) is 0 Å². The number of thiol groups is 1. The standard InChI is InChI=1S/C18H13FS/c19-13-6-5-7-14(12-13)20-17-10-3-1-8-15(17)16-9-2-4-11-18(16)20/h1-12,20H. The minimum Gasteiger partial charge on any atom is -0.207 e. The summed E-state index contributed by atoms with van der Waals surface area (Å²) in [5.74, 6) is -0.160. The second-order valence-electron chi connectivity index (χ2n) is 4.85. The first kappa shape index (κ1) is 11.7. The van der Waals surface area contributed by atoms with Crippen molar-refractivity contribution < 1.29 is 4.39 Å². The monoisotopic (exact) mass is 280 g/mol. The first-order valence-corrected chi connectivity index (χ1v) is 7.93. The lowest BCUT2D eigenvalue weighted by Crippen LogP contribution is -1.84. The first-order valence-electron chi connectivity index (χ1n) is 6.59. The molecule has 0 fully saturated rings. The molecular weight excluding hydrogens is 267 g/mol. The summed E-state index contributed by atoms with van der Waals surface area (Å²) in [6.45, 7) is 0. The molecule has 3 aromatic rings. The molecule has 20 heavy (non-hydrogen) atoms. The van der Waals surface area contributed by atoms with Crippen LogP contribution in [0.1, 0.15) is 0 Å². The fourth-order valence-electron chi connectivity index (χ4n) is 2.82. The Bertz CT molecular complexity index is 749. The van der Waals surface area contributed by atoms with Crippen molar-refractivity contribution in [2.24, 2.45) is 0 Å². The van der Waals surface area contributed by atoms with Gasteiger partial charge in [-0.15, -0.1) is 0 Å². The Morgan fingerprint density at radius 1 is 0.650 bits per heavy atom. The Balaban J connectivity index is 2.00. The lowest BCUT2D eigenvalue weighted by atomic mass is 10.1. The van der Waals surface area contributed by atoms with E-state index in [0.29, 0.717) is 0 Å². The highest BCUT2D eigenvalue weighted by atomic mass is 32.2. The largest absolute Gasteiger partial charge is 0.207 e. The Morgan fingerprint density at radius 2 is 1.25 bits per heavy atom. The van der Waals surface area contributed by atoms with Gasteiger partial charge < -0.3 is 0 Å². The van der Waals surface area contributed by atoms with Crippen LogP contribution in [0.15, 0.2) is 87.5 Å². The van der Waals surface area contributed by atoms with Gasteiger partial charge in [0.15, 0.2) is 0 Å². The van der Waals surface area contributed by atoms with Crippen molar-refractivity contribution in [1.29, 1.82) is 0 Å². The van der Waals surface area contributed by atoms with Gasteiger partial charge in [-0.3, -0.25) is 0 Å². The van der Waals surface area contributed by atoms with Crippen molar-refractivity contribution in [2.75, 3.05) is 0 Å². The SMILES string of the molecule is Fc1cccc([SH]2c3ccccc3-c3ccccc32)c1. The highest BCUT2D eigenvalue weighted by Crippen LogP contribution is 2.62. The van der Waals surface area contributed by atoms with Crippen molar-refractivity contribution in [3.8, 4) is 11.1 Å². The molecular formula is C18H13FS. The van der Waals surface area contributed by atoms with Crippen molar-refractivity contribution in [1.82, 2.24) is 0 Å². The second kappa shape index (κ2) is 4.50. The zero-order chi connectivity index (χ0) is 13.5. The second-order valence-corrected chi connectivity index (χ2v) is 7.00. The minimum absolute atomic E-state index is 0.160. The smallest absolute Gasteiger partial charge is 0.124 e. The molecule has 0 amide bonds. The fourth-order valence-corrected chi connectivity index (χ4v) is 5.46. The summed E-state index contributed by atoms with van der Waals surface area (Å²) < 4.78 is 13.6. The Hall–Kier alpha value is -2.06. The summed E-state index contributed by atoms with van der Waals surface area (Å²) in [5.41, 5.74) is 2.58. The Kier molecular flexibility index (Phi) is 2.64. The molecule has 0 nitrogen and oxygen atoms in total. The number of rotatable bonds is 1. The predicted octanol–water partition coefficient (Wildman–Crippen LogP) is 5.28. The fraction of sp³-hybridized carbons (Fsp3) is 0. The average Bonchev–Trinajstić information content (AvgIpc) is 2.82. The van der Waals surface area contributed by atoms with Gasteiger partial charge in [0.1, 0.15) is 5.82 Å². The number of benzene rings is 3. The molecule has 0 bridgehead atoms. The van der Waals surface area contributed by atoms with Crippen LogP contribution in [-0.2, 0) is 0 Å². The van der Waals surface area contributed by atoms with Crippen LogP contribution in [0.3, 0.4) is 0 Å². The molecule has 0 saturated heterocycles. The topological polar surface area (TPSA) is 0 Å². The molecule has 0 radical (unpaired) electrons. The molecule has 4 rings (SSSR count). The zero-order valence-electron chi connectivity index (χ0n) is 10.8. The summed E-state index contributed by atoms with van der Waals surface area (Å²) in [5, 5.41) is 0. The van der Waals surface area contributed by atoms with Gasteiger partial charge in [-0.1, -0.05) is 42.5 Å². The number of fused-ring (bicyclic) bond motifs is 3. The molecule has 0 atom stereocenters. The van der Waals surface area contributed by atoms with Crippen LogP contribution in [0.4, 0.5) is 4.39 Å². The van der Waals surface area contributed by atoms with Crippen molar-refractivity contribution in [3.05, 3.63) is 78.6 Å². The van der Waals surface area contributed by atoms with Crippen molar-refractivity contribution >= 4 is 10.9 Å². The maximum atomic E-state index is 13.6. The van der Waals surface area contributed by atoms with E-state index in [1.54, 1.807) is 12.1 Å². The number of halogens is 1. The molecule has 0 spiro atoms. The molecule has 1 aliphatic rings. The molecule has 0 N–H and O–H groups in total. The van der Waals surface area contributed by atoms with Crippen molar-refractivity contribution in [2.45, 2.75) is 14.7 Å². The van der Waals surface area contributed by atoms with Gasteiger partial charge in [-0.05, 0) is 46.4 Å². The van der Waals surface area contributed by atoms with E-state index in [1.807, 2.05) is 6.07 Å². The molecule has 0 aliphatic carbocycles. The maximum absolute atomic E-state index is 13.6. The van der Waals surface area contributed by atoms with Crippen LogP contribution in [-0.4, -0.2) is 0 Å². The summed E-state index contributed by atoms with van der Waals surface area (Å²) in [6, 6.07) is 24.0. The molecule has 0 unspecified atom stereocenters. The third-order valence-electron chi connectivity index (χ3n) is 3.65. The summed E-state index contributed by atoms with van der Waals surface area (Å²) in [4.78, 5) is 3.74. The molecule has 98 valence electrons. The van der Waals surface area contributed by atoms with E-state index < -0.39 is 10.9 Å². The van der Waals surface area contributed by atoms with E-state index >= 15 is 0 Å². The third-order valence-corrected chi connectivity index (χ3v) is 6.18. The average molecular weight is 280 g/mol. The molecule has 0 saturated carbocycles. The van der Waals surface area contributed by atoms with Gasteiger partial charge in [-0.2, -0.15) is 10.9 Å². The summed E-state index contributed by atoms with van der Waals surface area (Å²) in [6.07, 6.45) is 0. The molecule has 1 heterocycles. The Morgan fingerprint density at radius 3 is 1.85 bits per heavy atom. The Labute approximate surface area is 120 Å². The van der Waals surface area contributed by atoms with Gasteiger partial charge in [0.2, 0.25) is 0 Å². The highest BCUT2D eigenvalue weighted by Gasteiger charge is 2.26. The van der Waals surface area contributed by atoms with Crippen LogP contribution >= 0.6 is 10.9 Å². The van der Waals surface area contributed by atoms with E-state index in [1.165, 1.54) is 27.0 Å². The van der Waals surface area contributed by atoms with Gasteiger partial charge in [-0.25, -0.2) is 4.39 Å². The summed E-state index contributed by atoms with van der Waals surface area (Å²) in [7, 11) is -0.628. The lowest BCUT2D eigenvalue weighted by molar-refractivity contribution is 0.624. The normalized spacial score (nSPS) is 13.9. The lowest BCUT2D eigenvalue weighted by Gasteiger charge is -2.18. The quantitative estimate of drug-likeness (QED) is 0.450. The van der Waals surface area contributed by atoms with Gasteiger partial charge >= 0.3 is 0 Å².